The highest BCUT2D eigenvalue weighted by molar-refractivity contribution is 5.87. The van der Waals surface area contributed by atoms with Gasteiger partial charge in [0.25, 0.3) is 0 Å². The Morgan fingerprint density at radius 1 is 1.38 bits per heavy atom. The van der Waals surface area contributed by atoms with E-state index in [0.29, 0.717) is 6.54 Å². The number of aromatic carboxylic acids is 1. The number of aryl methyl sites for hydroxylation is 1. The summed E-state index contributed by atoms with van der Waals surface area (Å²) in [6.45, 7) is 3.95. The zero-order chi connectivity index (χ0) is 15.6. The molecule has 0 saturated heterocycles. The zero-order valence-corrected chi connectivity index (χ0v) is 12.1. The first kappa shape index (κ1) is 14.8. The van der Waals surface area contributed by atoms with Crippen LogP contribution in [0.1, 0.15) is 34.6 Å². The Labute approximate surface area is 121 Å². The Hall–Kier alpha value is -2.64. The summed E-state index contributed by atoms with van der Waals surface area (Å²) in [5.41, 5.74) is 1.97. The van der Waals surface area contributed by atoms with Crippen molar-refractivity contribution < 1.29 is 14.7 Å². The van der Waals surface area contributed by atoms with E-state index in [1.165, 1.54) is 17.1 Å². The molecule has 1 unspecified atom stereocenters. The molecule has 1 atom stereocenters. The minimum absolute atomic E-state index is 0.0535. The summed E-state index contributed by atoms with van der Waals surface area (Å²) >= 11 is 0. The summed E-state index contributed by atoms with van der Waals surface area (Å²) in [6, 6.07) is -0.588. The first-order chi connectivity index (χ1) is 9.90. The molecule has 21 heavy (non-hydrogen) atoms. The second-order valence-corrected chi connectivity index (χ2v) is 4.79. The van der Waals surface area contributed by atoms with Crippen molar-refractivity contribution >= 4 is 11.9 Å². The van der Waals surface area contributed by atoms with Gasteiger partial charge in [0.2, 0.25) is 5.91 Å². The summed E-state index contributed by atoms with van der Waals surface area (Å²) in [5, 5.41) is 19.6. The maximum absolute atomic E-state index is 12.1. The van der Waals surface area contributed by atoms with Crippen molar-refractivity contribution in [3.8, 4) is 0 Å². The molecule has 2 N–H and O–H groups in total. The SMILES string of the molecule is Cc1c(CNC(=O)C(C)n2cc(C(=O)O)cn2)cnn1C. The Bertz CT molecular complexity index is 673. The lowest BCUT2D eigenvalue weighted by atomic mass is 10.2. The molecule has 0 fully saturated rings. The van der Waals surface area contributed by atoms with Gasteiger partial charge in [-0.05, 0) is 13.8 Å². The van der Waals surface area contributed by atoms with Crippen LogP contribution in [-0.2, 0) is 18.4 Å². The van der Waals surface area contributed by atoms with Crippen LogP contribution in [0.15, 0.2) is 18.6 Å². The molecule has 112 valence electrons. The number of carbonyl (C=O) groups excluding carboxylic acids is 1. The number of aromatic nitrogens is 4. The van der Waals surface area contributed by atoms with Crippen LogP contribution in [0.5, 0.6) is 0 Å². The fourth-order valence-electron chi connectivity index (χ4n) is 1.83. The quantitative estimate of drug-likeness (QED) is 0.835. The van der Waals surface area contributed by atoms with Crippen LogP contribution in [-0.4, -0.2) is 36.5 Å². The first-order valence-electron chi connectivity index (χ1n) is 6.42. The predicted octanol–water partition coefficient (Wildman–Crippen LogP) is 0.501. The van der Waals surface area contributed by atoms with E-state index >= 15 is 0 Å². The van der Waals surface area contributed by atoms with Gasteiger partial charge < -0.3 is 10.4 Å². The third-order valence-corrected chi connectivity index (χ3v) is 3.41. The third kappa shape index (κ3) is 3.10. The topological polar surface area (TPSA) is 102 Å². The number of carboxylic acids is 1. The molecule has 0 radical (unpaired) electrons. The second-order valence-electron chi connectivity index (χ2n) is 4.79. The number of amides is 1. The standard InChI is InChI=1S/C13H17N5O3/c1-8-10(5-15-17(8)3)4-14-12(19)9(2)18-7-11(6-16-18)13(20)21/h5-7,9H,4H2,1-3H3,(H,14,19)(H,20,21). The molecule has 0 bridgehead atoms. The number of nitrogens with one attached hydrogen (secondary N) is 1. The number of rotatable bonds is 5. The molecule has 8 heteroatoms. The molecule has 0 spiro atoms. The van der Waals surface area contributed by atoms with Gasteiger partial charge in [0.15, 0.2) is 0 Å². The van der Waals surface area contributed by atoms with Gasteiger partial charge in [-0.2, -0.15) is 10.2 Å². The fourth-order valence-corrected chi connectivity index (χ4v) is 1.83. The number of hydrogen-bond donors (Lipinski definition) is 2. The van der Waals surface area contributed by atoms with Crippen LogP contribution >= 0.6 is 0 Å². The highest BCUT2D eigenvalue weighted by Gasteiger charge is 2.17. The summed E-state index contributed by atoms with van der Waals surface area (Å²) in [7, 11) is 1.83. The van der Waals surface area contributed by atoms with Crippen molar-refractivity contribution in [3.63, 3.8) is 0 Å². The van der Waals surface area contributed by atoms with Crippen LogP contribution in [0, 0.1) is 6.92 Å². The lowest BCUT2D eigenvalue weighted by molar-refractivity contribution is -0.124. The van der Waals surface area contributed by atoms with E-state index in [1.807, 2.05) is 14.0 Å². The number of carboxylic acid groups (broad SMARTS) is 1. The Morgan fingerprint density at radius 3 is 2.62 bits per heavy atom. The normalized spacial score (nSPS) is 12.1. The van der Waals surface area contributed by atoms with Crippen molar-refractivity contribution in [3.05, 3.63) is 35.4 Å². The molecule has 1 amide bonds. The van der Waals surface area contributed by atoms with Gasteiger partial charge in [-0.1, -0.05) is 0 Å². The van der Waals surface area contributed by atoms with Gasteiger partial charge in [0, 0.05) is 31.0 Å². The highest BCUT2D eigenvalue weighted by Crippen LogP contribution is 2.09. The molecule has 0 aliphatic carbocycles. The first-order valence-corrected chi connectivity index (χ1v) is 6.42. The van der Waals surface area contributed by atoms with E-state index in [1.54, 1.807) is 17.8 Å². The summed E-state index contributed by atoms with van der Waals surface area (Å²) in [6.07, 6.45) is 4.26. The maximum atomic E-state index is 12.1. The van der Waals surface area contributed by atoms with Crippen molar-refractivity contribution in [2.24, 2.45) is 7.05 Å². The monoisotopic (exact) mass is 291 g/mol. The van der Waals surface area contributed by atoms with E-state index in [2.05, 4.69) is 15.5 Å². The smallest absolute Gasteiger partial charge is 0.338 e. The average Bonchev–Trinajstić information content (AvgIpc) is 3.05. The lowest BCUT2D eigenvalue weighted by Gasteiger charge is -2.12. The van der Waals surface area contributed by atoms with E-state index < -0.39 is 12.0 Å². The van der Waals surface area contributed by atoms with Gasteiger partial charge in [0.1, 0.15) is 6.04 Å². The lowest BCUT2D eigenvalue weighted by Crippen LogP contribution is -2.31. The Morgan fingerprint density at radius 2 is 2.10 bits per heavy atom. The second kappa shape index (κ2) is 5.78. The molecular weight excluding hydrogens is 274 g/mol. The maximum Gasteiger partial charge on any atom is 0.338 e. The fraction of sp³-hybridized carbons (Fsp3) is 0.385. The minimum atomic E-state index is -1.07. The van der Waals surface area contributed by atoms with Crippen LogP contribution in [0.4, 0.5) is 0 Å². The van der Waals surface area contributed by atoms with Crippen LogP contribution in [0.25, 0.3) is 0 Å². The molecule has 2 aromatic heterocycles. The van der Waals surface area contributed by atoms with Crippen LogP contribution in [0.2, 0.25) is 0 Å². The Balaban J connectivity index is 1.99. The minimum Gasteiger partial charge on any atom is -0.478 e. The van der Waals surface area contributed by atoms with Crippen LogP contribution in [0.3, 0.4) is 0 Å². The number of carbonyl (C=O) groups is 2. The van der Waals surface area contributed by atoms with E-state index in [-0.39, 0.29) is 11.5 Å². The van der Waals surface area contributed by atoms with Gasteiger partial charge >= 0.3 is 5.97 Å². The molecule has 0 saturated carbocycles. The van der Waals surface area contributed by atoms with Crippen LogP contribution < -0.4 is 5.32 Å². The van der Waals surface area contributed by atoms with E-state index in [4.69, 9.17) is 5.11 Å². The number of nitrogens with zero attached hydrogens (tertiary/aromatic N) is 4. The van der Waals surface area contributed by atoms with Crippen molar-refractivity contribution in [1.82, 2.24) is 24.9 Å². The Kier molecular flexibility index (Phi) is 4.06. The average molecular weight is 291 g/mol. The van der Waals surface area contributed by atoms with Crippen molar-refractivity contribution in [1.29, 1.82) is 0 Å². The molecule has 0 aromatic carbocycles. The zero-order valence-electron chi connectivity index (χ0n) is 12.1. The molecule has 2 heterocycles. The molecular formula is C13H17N5O3. The summed E-state index contributed by atoms with van der Waals surface area (Å²) < 4.78 is 3.06. The molecule has 0 aliphatic rings. The number of hydrogen-bond acceptors (Lipinski definition) is 4. The van der Waals surface area contributed by atoms with Crippen molar-refractivity contribution in [2.75, 3.05) is 0 Å². The van der Waals surface area contributed by atoms with E-state index in [9.17, 15) is 9.59 Å². The predicted molar refractivity (Wildman–Crippen MR) is 73.7 cm³/mol. The van der Waals surface area contributed by atoms with Gasteiger partial charge in [-0.15, -0.1) is 0 Å². The third-order valence-electron chi connectivity index (χ3n) is 3.41. The van der Waals surface area contributed by atoms with Crippen molar-refractivity contribution in [2.45, 2.75) is 26.4 Å². The van der Waals surface area contributed by atoms with E-state index in [0.717, 1.165) is 11.3 Å². The summed E-state index contributed by atoms with van der Waals surface area (Å²) in [4.78, 5) is 22.9. The van der Waals surface area contributed by atoms with Gasteiger partial charge in [-0.3, -0.25) is 14.2 Å². The summed E-state index contributed by atoms with van der Waals surface area (Å²) in [5.74, 6) is -1.31. The molecule has 2 rings (SSSR count). The molecule has 8 nitrogen and oxygen atoms in total. The molecule has 2 aromatic rings. The molecule has 0 aliphatic heterocycles. The largest absolute Gasteiger partial charge is 0.478 e. The van der Waals surface area contributed by atoms with Gasteiger partial charge in [-0.25, -0.2) is 4.79 Å². The highest BCUT2D eigenvalue weighted by atomic mass is 16.4. The van der Waals surface area contributed by atoms with Gasteiger partial charge in [0.05, 0.1) is 18.0 Å².